The molecule has 2 heteroatoms. The molecule has 5 aromatic carbocycles. The van der Waals surface area contributed by atoms with Crippen LogP contribution in [0.15, 0.2) is 158 Å². The topological polar surface area (TPSA) is 20.3 Å². The largest absolute Gasteiger partial charge is 0.363 e. The fourth-order valence-corrected chi connectivity index (χ4v) is 7.67. The van der Waals surface area contributed by atoms with Gasteiger partial charge in [0, 0.05) is 23.7 Å². The van der Waals surface area contributed by atoms with Crippen molar-refractivity contribution in [2.24, 2.45) is 5.92 Å². The minimum absolute atomic E-state index is 0.137. The molecule has 0 saturated carbocycles. The Morgan fingerprint density at radius 3 is 1.86 bits per heavy atom. The number of rotatable bonds is 6. The van der Waals surface area contributed by atoms with Crippen molar-refractivity contribution in [3.63, 3.8) is 0 Å². The molecular weight excluding hydrogens is 522 g/mol. The van der Waals surface area contributed by atoms with Crippen molar-refractivity contribution in [1.82, 2.24) is 0 Å². The Balaban J connectivity index is 1.57. The molecule has 0 unspecified atom stereocenters. The van der Waals surface area contributed by atoms with Gasteiger partial charge in [-0.05, 0) is 58.0 Å². The number of hydrogen-bond donors (Lipinski definition) is 0. The lowest BCUT2D eigenvalue weighted by molar-refractivity contribution is 0.0878. The average molecular weight is 558 g/mol. The van der Waals surface area contributed by atoms with Crippen LogP contribution < -0.4 is 4.90 Å². The lowest BCUT2D eigenvalue weighted by Gasteiger charge is -2.53. The maximum absolute atomic E-state index is 15.1. The minimum atomic E-state index is -0.704. The number of carbonyl (C=O) groups excluding carboxylic acids is 1. The first kappa shape index (κ1) is 26.9. The Kier molecular flexibility index (Phi) is 6.70. The summed E-state index contributed by atoms with van der Waals surface area (Å²) in [6.07, 6.45) is 5.47. The molecule has 2 nitrogen and oxygen atoms in total. The van der Waals surface area contributed by atoms with Gasteiger partial charge < -0.3 is 4.90 Å². The molecule has 0 saturated heterocycles. The molecule has 5 aromatic rings. The van der Waals surface area contributed by atoms with Gasteiger partial charge in [0.1, 0.15) is 0 Å². The van der Waals surface area contributed by atoms with E-state index in [1.165, 1.54) is 16.8 Å². The van der Waals surface area contributed by atoms with Gasteiger partial charge in [0.2, 0.25) is 0 Å². The van der Waals surface area contributed by atoms with Gasteiger partial charge in [-0.2, -0.15) is 0 Å². The highest BCUT2D eigenvalue weighted by molar-refractivity contribution is 6.10. The van der Waals surface area contributed by atoms with Crippen molar-refractivity contribution in [2.75, 3.05) is 11.9 Å². The summed E-state index contributed by atoms with van der Waals surface area (Å²) >= 11 is 0. The molecule has 0 aromatic heterocycles. The first-order valence-corrected chi connectivity index (χ1v) is 15.0. The number of Topliss-reactive ketones (excluding diaryl/α,β-unsaturated/α-hetero) is 1. The first-order chi connectivity index (χ1) is 21.0. The number of allylic oxidation sites excluding steroid dienone is 2. The summed E-state index contributed by atoms with van der Waals surface area (Å²) < 4.78 is 0. The summed E-state index contributed by atoms with van der Waals surface area (Å²) in [4.78, 5) is 17.5. The summed E-state index contributed by atoms with van der Waals surface area (Å²) in [7, 11) is 2.19. The summed E-state index contributed by atoms with van der Waals surface area (Å²) in [5, 5.41) is 0. The Hall–Kier alpha value is -4.95. The second-order valence-corrected chi connectivity index (χ2v) is 12.0. The highest BCUT2D eigenvalue weighted by atomic mass is 16.1. The van der Waals surface area contributed by atoms with E-state index < -0.39 is 16.9 Å². The second kappa shape index (κ2) is 10.7. The third kappa shape index (κ3) is 4.29. The molecule has 0 amide bonds. The third-order valence-electron chi connectivity index (χ3n) is 9.67. The predicted molar refractivity (Wildman–Crippen MR) is 178 cm³/mol. The van der Waals surface area contributed by atoms with Crippen LogP contribution in [0.2, 0.25) is 0 Å². The molecule has 0 fully saturated rings. The van der Waals surface area contributed by atoms with Crippen LogP contribution in [0.5, 0.6) is 0 Å². The normalized spacial score (nSPS) is 22.6. The van der Waals surface area contributed by atoms with Crippen LogP contribution in [-0.4, -0.2) is 18.4 Å². The van der Waals surface area contributed by atoms with Gasteiger partial charge in [-0.15, -0.1) is 0 Å². The third-order valence-corrected chi connectivity index (χ3v) is 9.67. The molecule has 2 aliphatic rings. The van der Waals surface area contributed by atoms with Crippen molar-refractivity contribution in [2.45, 2.75) is 24.3 Å². The summed E-state index contributed by atoms with van der Waals surface area (Å²) in [6.45, 7) is 2.38. The predicted octanol–water partition coefficient (Wildman–Crippen LogP) is 9.06. The quantitative estimate of drug-likeness (QED) is 0.194. The van der Waals surface area contributed by atoms with E-state index in [1.807, 2.05) is 36.4 Å². The van der Waals surface area contributed by atoms with Crippen LogP contribution in [0, 0.1) is 5.92 Å². The SMILES string of the molecule is CN1c2ccccc2[C@](C)(Cc2ccccc2)[C@]12C=C(c1ccccc1)C=C(c1ccccc1)[C@@H]2C(=O)c1ccccc1. The maximum Gasteiger partial charge on any atom is 0.173 e. The zero-order valence-corrected chi connectivity index (χ0v) is 24.7. The van der Waals surface area contributed by atoms with Crippen molar-refractivity contribution < 1.29 is 4.79 Å². The number of benzene rings is 5. The van der Waals surface area contributed by atoms with E-state index in [0.717, 1.165) is 34.3 Å². The first-order valence-electron chi connectivity index (χ1n) is 15.0. The molecule has 1 heterocycles. The van der Waals surface area contributed by atoms with E-state index in [1.54, 1.807) is 0 Å². The van der Waals surface area contributed by atoms with Crippen molar-refractivity contribution in [3.05, 3.63) is 186 Å². The van der Waals surface area contributed by atoms with Gasteiger partial charge in [-0.3, -0.25) is 4.79 Å². The Morgan fingerprint density at radius 1 is 0.674 bits per heavy atom. The van der Waals surface area contributed by atoms with Crippen LogP contribution in [0.25, 0.3) is 11.1 Å². The van der Waals surface area contributed by atoms with Gasteiger partial charge in [0.25, 0.3) is 0 Å². The molecule has 7 rings (SSSR count). The number of carbonyl (C=O) groups is 1. The molecule has 1 aliphatic heterocycles. The molecular formula is C41H35NO. The van der Waals surface area contributed by atoms with Crippen LogP contribution in [0.4, 0.5) is 5.69 Å². The molecule has 1 aliphatic carbocycles. The lowest BCUT2D eigenvalue weighted by Crippen LogP contribution is -2.63. The van der Waals surface area contributed by atoms with Crippen LogP contribution in [0.3, 0.4) is 0 Å². The number of nitrogens with zero attached hydrogens (tertiary/aromatic N) is 1. The number of hydrogen-bond acceptors (Lipinski definition) is 2. The fraction of sp³-hybridized carbons (Fsp3) is 0.146. The van der Waals surface area contributed by atoms with Gasteiger partial charge in [-0.1, -0.05) is 146 Å². The van der Waals surface area contributed by atoms with Crippen LogP contribution in [-0.2, 0) is 11.8 Å². The summed E-state index contributed by atoms with van der Waals surface area (Å²) in [6, 6.07) is 50.4. The summed E-state index contributed by atoms with van der Waals surface area (Å²) in [5.41, 5.74) is 7.69. The second-order valence-electron chi connectivity index (χ2n) is 12.0. The Morgan fingerprint density at radius 2 is 1.21 bits per heavy atom. The monoisotopic (exact) mass is 557 g/mol. The molecule has 210 valence electrons. The maximum atomic E-state index is 15.1. The Labute approximate surface area is 254 Å². The number of anilines is 1. The minimum Gasteiger partial charge on any atom is -0.363 e. The highest BCUT2D eigenvalue weighted by Crippen LogP contribution is 2.61. The zero-order valence-electron chi connectivity index (χ0n) is 24.7. The molecule has 0 bridgehead atoms. The van der Waals surface area contributed by atoms with Gasteiger partial charge in [-0.25, -0.2) is 0 Å². The fourth-order valence-electron chi connectivity index (χ4n) is 7.67. The number of fused-ring (bicyclic) bond motifs is 1. The van der Waals surface area contributed by atoms with Crippen molar-refractivity contribution >= 4 is 22.6 Å². The Bertz CT molecular complexity index is 1820. The molecule has 43 heavy (non-hydrogen) atoms. The van der Waals surface area contributed by atoms with E-state index in [0.29, 0.717) is 0 Å². The standard InChI is InChI=1S/C41H35NO/c1-40(28-30-17-7-3-8-18-30)36-25-15-16-26-37(36)42(2)41(40)29-34(31-19-9-4-10-20-31)27-35(32-21-11-5-12-22-32)38(41)39(43)33-23-13-6-14-24-33/h3-27,29,38H,28H2,1-2H3/t38-,40+,41-/m1/s1. The van der Waals surface area contributed by atoms with Gasteiger partial charge >= 0.3 is 0 Å². The van der Waals surface area contributed by atoms with Crippen molar-refractivity contribution in [1.29, 1.82) is 0 Å². The number of ketones is 1. The number of likely N-dealkylation sites (N-methyl/N-ethyl adjacent to an activating group) is 1. The zero-order chi connectivity index (χ0) is 29.4. The van der Waals surface area contributed by atoms with E-state index in [2.05, 4.69) is 140 Å². The van der Waals surface area contributed by atoms with Crippen molar-refractivity contribution in [3.8, 4) is 0 Å². The average Bonchev–Trinajstić information content (AvgIpc) is 3.24. The van der Waals surface area contributed by atoms with Gasteiger partial charge in [0.05, 0.1) is 11.5 Å². The van der Waals surface area contributed by atoms with Crippen LogP contribution >= 0.6 is 0 Å². The van der Waals surface area contributed by atoms with Gasteiger partial charge in [0.15, 0.2) is 5.78 Å². The van der Waals surface area contributed by atoms with Crippen LogP contribution in [0.1, 0.15) is 39.5 Å². The molecule has 3 atom stereocenters. The molecule has 0 radical (unpaired) electrons. The van der Waals surface area contributed by atoms with E-state index in [9.17, 15) is 0 Å². The lowest BCUT2D eigenvalue weighted by atomic mass is 9.55. The van der Waals surface area contributed by atoms with E-state index >= 15 is 4.79 Å². The molecule has 0 N–H and O–H groups in total. The van der Waals surface area contributed by atoms with E-state index in [-0.39, 0.29) is 5.78 Å². The van der Waals surface area contributed by atoms with E-state index in [4.69, 9.17) is 0 Å². The number of para-hydroxylation sites is 1. The highest BCUT2D eigenvalue weighted by Gasteiger charge is 2.64. The summed E-state index contributed by atoms with van der Waals surface area (Å²) in [5.74, 6) is -0.325. The molecule has 1 spiro atoms. The smallest absolute Gasteiger partial charge is 0.173 e.